The van der Waals surface area contributed by atoms with Crippen LogP contribution in [0.5, 0.6) is 0 Å². The van der Waals surface area contributed by atoms with Gasteiger partial charge in [-0.15, -0.1) is 0 Å². The molecule has 3 atom stereocenters. The molecule has 0 saturated carbocycles. The van der Waals surface area contributed by atoms with Gasteiger partial charge in [-0.05, 0) is 70.6 Å². The third-order valence-electron chi connectivity index (χ3n) is 9.86. The number of carboxylic acids is 1. The number of unbranched alkanes of at least 4 members (excludes halogenated alkanes) is 23. The Morgan fingerprint density at radius 1 is 0.534 bits per heavy atom. The summed E-state index contributed by atoms with van der Waals surface area (Å²) in [5.41, 5.74) is 5.34. The molecule has 4 N–H and O–H groups in total. The van der Waals surface area contributed by atoms with Crippen molar-refractivity contribution in [3.05, 3.63) is 36.5 Å². The van der Waals surface area contributed by atoms with E-state index in [1.165, 1.54) is 109 Å². The number of carboxylic acid groups (broad SMARTS) is 1. The molecule has 0 aliphatic rings. The molecular formula is C46H84NO10P. The molecule has 1 unspecified atom stereocenters. The predicted octanol–water partition coefficient (Wildman–Crippen LogP) is 12.4. The van der Waals surface area contributed by atoms with Crippen molar-refractivity contribution in [1.29, 1.82) is 0 Å². The van der Waals surface area contributed by atoms with Crippen molar-refractivity contribution < 1.29 is 47.5 Å². The van der Waals surface area contributed by atoms with Crippen LogP contribution < -0.4 is 5.73 Å². The molecule has 338 valence electrons. The van der Waals surface area contributed by atoms with Crippen molar-refractivity contribution in [2.75, 3.05) is 19.8 Å². The van der Waals surface area contributed by atoms with Crippen LogP contribution in [0.3, 0.4) is 0 Å². The van der Waals surface area contributed by atoms with Crippen molar-refractivity contribution in [3.63, 3.8) is 0 Å². The fraction of sp³-hybridized carbons (Fsp3) is 0.804. The molecular weight excluding hydrogens is 757 g/mol. The first-order chi connectivity index (χ1) is 28.1. The Bertz CT molecular complexity index is 1130. The third kappa shape index (κ3) is 40.5. The second-order valence-electron chi connectivity index (χ2n) is 15.5. The molecule has 0 heterocycles. The second kappa shape index (κ2) is 41.4. The highest BCUT2D eigenvalue weighted by atomic mass is 31.2. The van der Waals surface area contributed by atoms with E-state index in [0.717, 1.165) is 57.8 Å². The normalized spacial score (nSPS) is 14.0. The summed E-state index contributed by atoms with van der Waals surface area (Å²) >= 11 is 0. The average molecular weight is 842 g/mol. The Morgan fingerprint density at radius 3 is 1.41 bits per heavy atom. The zero-order chi connectivity index (χ0) is 42.8. The summed E-state index contributed by atoms with van der Waals surface area (Å²) in [5, 5.41) is 8.89. The lowest BCUT2D eigenvalue weighted by atomic mass is 10.1. The summed E-state index contributed by atoms with van der Waals surface area (Å²) in [5.74, 6) is -2.40. The maximum Gasteiger partial charge on any atom is 0.472 e. The smallest absolute Gasteiger partial charge is 0.472 e. The number of carbonyl (C=O) groups is 3. The van der Waals surface area contributed by atoms with E-state index in [4.69, 9.17) is 24.8 Å². The summed E-state index contributed by atoms with van der Waals surface area (Å²) in [6, 6.07) is -1.52. The fourth-order valence-electron chi connectivity index (χ4n) is 6.21. The fourth-order valence-corrected chi connectivity index (χ4v) is 6.99. The van der Waals surface area contributed by atoms with Gasteiger partial charge in [0.1, 0.15) is 12.6 Å². The van der Waals surface area contributed by atoms with E-state index in [2.05, 4.69) is 54.8 Å². The van der Waals surface area contributed by atoms with E-state index in [9.17, 15) is 23.8 Å². The highest BCUT2D eigenvalue weighted by Gasteiger charge is 2.28. The van der Waals surface area contributed by atoms with Gasteiger partial charge >= 0.3 is 25.7 Å². The molecule has 0 bridgehead atoms. The summed E-state index contributed by atoms with van der Waals surface area (Å²) in [4.78, 5) is 46.0. The van der Waals surface area contributed by atoms with Gasteiger partial charge in [-0.25, -0.2) is 4.57 Å². The van der Waals surface area contributed by atoms with Crippen molar-refractivity contribution in [1.82, 2.24) is 0 Å². The van der Waals surface area contributed by atoms with Crippen molar-refractivity contribution in [3.8, 4) is 0 Å². The minimum atomic E-state index is -4.72. The molecule has 0 rings (SSSR count). The zero-order valence-electron chi connectivity index (χ0n) is 36.6. The molecule has 0 aliphatic heterocycles. The van der Waals surface area contributed by atoms with Gasteiger partial charge in [-0.1, -0.05) is 159 Å². The molecule has 0 aromatic rings. The van der Waals surface area contributed by atoms with Crippen LogP contribution in [0, 0.1) is 0 Å². The summed E-state index contributed by atoms with van der Waals surface area (Å²) in [7, 11) is -4.72. The molecule has 12 heteroatoms. The molecule has 0 aromatic carbocycles. The number of hydrogen-bond acceptors (Lipinski definition) is 9. The van der Waals surface area contributed by atoms with Gasteiger partial charge in [-0.2, -0.15) is 0 Å². The van der Waals surface area contributed by atoms with Gasteiger partial charge in [0.2, 0.25) is 0 Å². The maximum atomic E-state index is 12.6. The first-order valence-electron chi connectivity index (χ1n) is 23.0. The SMILES string of the molecule is CCCCC/C=C/C/C=C/CCCCCCCCCCCC(=O)OC[C@H](COP(=O)(O)OC[C@H](N)C(=O)O)OC(=O)CCCCC/C=C/CCCCCCCCCC. The van der Waals surface area contributed by atoms with Gasteiger partial charge in [0.25, 0.3) is 0 Å². The number of phosphoric acid groups is 1. The molecule has 0 fully saturated rings. The Labute approximate surface area is 353 Å². The van der Waals surface area contributed by atoms with E-state index < -0.39 is 51.1 Å². The molecule has 0 spiro atoms. The van der Waals surface area contributed by atoms with Gasteiger partial charge < -0.3 is 25.2 Å². The van der Waals surface area contributed by atoms with Crippen molar-refractivity contribution >= 4 is 25.7 Å². The molecule has 0 aliphatic carbocycles. The molecule has 58 heavy (non-hydrogen) atoms. The van der Waals surface area contributed by atoms with E-state index >= 15 is 0 Å². The van der Waals surface area contributed by atoms with Crippen LogP contribution in [-0.2, 0) is 37.5 Å². The van der Waals surface area contributed by atoms with E-state index in [1.807, 2.05) is 0 Å². The third-order valence-corrected chi connectivity index (χ3v) is 10.8. The molecule has 0 aromatic heterocycles. The van der Waals surface area contributed by atoms with Gasteiger partial charge in [0.05, 0.1) is 13.2 Å². The number of hydrogen-bond donors (Lipinski definition) is 3. The average Bonchev–Trinajstić information content (AvgIpc) is 3.20. The van der Waals surface area contributed by atoms with Gasteiger partial charge in [-0.3, -0.25) is 23.4 Å². The number of nitrogens with two attached hydrogens (primary N) is 1. The van der Waals surface area contributed by atoms with Gasteiger partial charge in [0.15, 0.2) is 6.10 Å². The highest BCUT2D eigenvalue weighted by Crippen LogP contribution is 2.43. The van der Waals surface area contributed by atoms with Gasteiger partial charge in [0, 0.05) is 12.8 Å². The van der Waals surface area contributed by atoms with Crippen molar-refractivity contribution in [2.24, 2.45) is 5.73 Å². The van der Waals surface area contributed by atoms with Crippen LogP contribution in [-0.4, -0.2) is 59.9 Å². The maximum absolute atomic E-state index is 12.6. The Hall–Kier alpha value is -2.30. The summed E-state index contributed by atoms with van der Waals surface area (Å²) < 4.78 is 32.7. The number of allylic oxidation sites excluding steroid dienone is 6. The van der Waals surface area contributed by atoms with E-state index in [-0.39, 0.29) is 19.4 Å². The van der Waals surface area contributed by atoms with Crippen LogP contribution in [0.4, 0.5) is 0 Å². The number of rotatable bonds is 43. The molecule has 11 nitrogen and oxygen atoms in total. The lowest BCUT2D eigenvalue weighted by Gasteiger charge is -2.20. The Kier molecular flexibility index (Phi) is 39.8. The standard InChI is InChI=1S/C46H84NO10P/c1-3-5-7-9-11-13-15-17-19-20-21-22-24-25-27-29-31-33-35-37-44(48)54-39-42(40-55-58(52,53)56-41-43(47)46(50)51)57-45(49)38-36-34-32-30-28-26-23-18-16-14-12-10-8-6-4-2/h11,13,17,19,26,28,42-43H,3-10,12,14-16,18,20-25,27,29-41,47H2,1-2H3,(H,50,51)(H,52,53)/b13-11+,19-17+,28-26+/t42-,43+/m1/s1. The largest absolute Gasteiger partial charge is 0.480 e. The first kappa shape index (κ1) is 55.7. The minimum absolute atomic E-state index is 0.141. The monoisotopic (exact) mass is 842 g/mol. The van der Waals surface area contributed by atoms with E-state index in [0.29, 0.717) is 12.8 Å². The molecule has 0 saturated heterocycles. The summed E-state index contributed by atoms with van der Waals surface area (Å²) in [6.45, 7) is 2.77. The van der Waals surface area contributed by atoms with Crippen LogP contribution >= 0.6 is 7.82 Å². The second-order valence-corrected chi connectivity index (χ2v) is 17.0. The lowest BCUT2D eigenvalue weighted by Crippen LogP contribution is -2.34. The summed E-state index contributed by atoms with van der Waals surface area (Å²) in [6.07, 6.45) is 44.9. The number of ether oxygens (including phenoxy) is 2. The van der Waals surface area contributed by atoms with Crippen LogP contribution in [0.2, 0.25) is 0 Å². The van der Waals surface area contributed by atoms with Crippen molar-refractivity contribution in [2.45, 2.75) is 219 Å². The van der Waals surface area contributed by atoms with Crippen LogP contribution in [0.15, 0.2) is 36.5 Å². The lowest BCUT2D eigenvalue weighted by molar-refractivity contribution is -0.161. The number of esters is 2. The first-order valence-corrected chi connectivity index (χ1v) is 24.5. The zero-order valence-corrected chi connectivity index (χ0v) is 37.5. The van der Waals surface area contributed by atoms with Crippen LogP contribution in [0.25, 0.3) is 0 Å². The topological polar surface area (TPSA) is 172 Å². The highest BCUT2D eigenvalue weighted by molar-refractivity contribution is 7.47. The Balaban J connectivity index is 4.33. The Morgan fingerprint density at radius 2 is 0.914 bits per heavy atom. The number of aliphatic carboxylic acids is 1. The molecule has 0 radical (unpaired) electrons. The van der Waals surface area contributed by atoms with E-state index in [1.54, 1.807) is 0 Å². The van der Waals surface area contributed by atoms with Crippen LogP contribution in [0.1, 0.15) is 206 Å². The number of phosphoric ester groups is 1. The quantitative estimate of drug-likeness (QED) is 0.0231. The minimum Gasteiger partial charge on any atom is -0.480 e. The molecule has 0 amide bonds. The predicted molar refractivity (Wildman–Crippen MR) is 235 cm³/mol. The number of carbonyl (C=O) groups excluding carboxylic acids is 2.